The van der Waals surface area contributed by atoms with Crippen molar-refractivity contribution >= 4 is 21.7 Å². The van der Waals surface area contributed by atoms with E-state index >= 15 is 0 Å². The van der Waals surface area contributed by atoms with Gasteiger partial charge in [-0.05, 0) is 15.9 Å². The predicted octanol–water partition coefficient (Wildman–Crippen LogP) is 1.73. The lowest BCUT2D eigenvalue weighted by atomic mass is 9.94. The molecule has 0 unspecified atom stereocenters. The summed E-state index contributed by atoms with van der Waals surface area (Å²) in [6, 6.07) is 0.332. The van der Waals surface area contributed by atoms with Crippen molar-refractivity contribution in [2.45, 2.75) is 31.1 Å². The second kappa shape index (κ2) is 4.82. The third-order valence-corrected chi connectivity index (χ3v) is 4.57. The molecule has 3 aliphatic heterocycles. The number of piperidine rings is 1. The Kier molecular flexibility index (Phi) is 3.08. The zero-order chi connectivity index (χ0) is 13.6. The zero-order valence-corrected chi connectivity index (χ0v) is 12.6. The van der Waals surface area contributed by atoms with Crippen molar-refractivity contribution in [3.63, 3.8) is 0 Å². The first kappa shape index (κ1) is 12.8. The highest BCUT2D eigenvalue weighted by Gasteiger charge is 2.45. The minimum atomic E-state index is -0.380. The molecule has 2 saturated heterocycles. The third kappa shape index (κ3) is 2.08. The first-order valence-corrected chi connectivity index (χ1v) is 7.75. The van der Waals surface area contributed by atoms with Crippen LogP contribution in [0.1, 0.15) is 19.3 Å². The van der Waals surface area contributed by atoms with Gasteiger partial charge in [-0.1, -0.05) is 0 Å². The van der Waals surface area contributed by atoms with Gasteiger partial charge in [0.2, 0.25) is 0 Å². The molecular weight excluding hydrogens is 326 g/mol. The van der Waals surface area contributed by atoms with Crippen molar-refractivity contribution in [3.8, 4) is 5.88 Å². The summed E-state index contributed by atoms with van der Waals surface area (Å²) in [5.74, 6) is 1.07. The number of nitrogens with zero attached hydrogens (tertiary/aromatic N) is 3. The topological polar surface area (TPSA) is 56.7 Å². The molecule has 0 radical (unpaired) electrons. The highest BCUT2D eigenvalue weighted by Crippen LogP contribution is 2.40. The average Bonchev–Trinajstić information content (AvgIpc) is 2.80. The number of fused-ring (bicyclic) bond motifs is 3. The molecule has 6 nitrogen and oxygen atoms in total. The predicted molar refractivity (Wildman–Crippen MR) is 74.8 cm³/mol. The smallest absolute Gasteiger partial charge is 0.258 e. The Hall–Kier alpha value is -0.920. The fourth-order valence-corrected chi connectivity index (χ4v) is 3.53. The lowest BCUT2D eigenvalue weighted by Gasteiger charge is -2.43. The minimum absolute atomic E-state index is 0.332. The van der Waals surface area contributed by atoms with Crippen LogP contribution in [0.4, 0.5) is 5.82 Å². The minimum Gasteiger partial charge on any atom is -0.475 e. The van der Waals surface area contributed by atoms with E-state index in [0.29, 0.717) is 36.3 Å². The Balaban J connectivity index is 1.64. The molecule has 1 spiro atoms. The molecule has 4 heterocycles. The lowest BCUT2D eigenvalue weighted by Crippen LogP contribution is -2.51. The third-order valence-electron chi connectivity index (χ3n) is 4.19. The van der Waals surface area contributed by atoms with Crippen LogP contribution in [-0.2, 0) is 9.47 Å². The summed E-state index contributed by atoms with van der Waals surface area (Å²) >= 11 is 3.34. The zero-order valence-electron chi connectivity index (χ0n) is 11.0. The lowest BCUT2D eigenvalue weighted by molar-refractivity contribution is -0.176. The number of aromatic nitrogens is 2. The maximum absolute atomic E-state index is 5.85. The van der Waals surface area contributed by atoms with Crippen LogP contribution >= 0.6 is 15.9 Å². The Morgan fingerprint density at radius 2 is 2.15 bits per heavy atom. The van der Waals surface area contributed by atoms with Gasteiger partial charge in [-0.2, -0.15) is 0 Å². The number of hydrogen-bond donors (Lipinski definition) is 0. The van der Waals surface area contributed by atoms with Crippen LogP contribution in [0.2, 0.25) is 0 Å². The second-order valence-electron chi connectivity index (χ2n) is 5.37. The van der Waals surface area contributed by atoms with E-state index in [0.717, 1.165) is 31.6 Å². The highest BCUT2D eigenvalue weighted by atomic mass is 79.9. The van der Waals surface area contributed by atoms with E-state index in [2.05, 4.69) is 30.8 Å². The van der Waals surface area contributed by atoms with Gasteiger partial charge >= 0.3 is 0 Å². The monoisotopic (exact) mass is 341 g/mol. The van der Waals surface area contributed by atoms with Gasteiger partial charge in [-0.3, -0.25) is 0 Å². The quantitative estimate of drug-likeness (QED) is 0.716. The Labute approximate surface area is 125 Å². The van der Waals surface area contributed by atoms with Gasteiger partial charge in [-0.25, -0.2) is 9.97 Å². The Morgan fingerprint density at radius 1 is 1.30 bits per heavy atom. The van der Waals surface area contributed by atoms with Gasteiger partial charge in [0, 0.05) is 31.8 Å². The van der Waals surface area contributed by atoms with Crippen LogP contribution in [0.25, 0.3) is 0 Å². The van der Waals surface area contributed by atoms with Gasteiger partial charge in [-0.15, -0.1) is 0 Å². The van der Waals surface area contributed by atoms with Crippen LogP contribution in [-0.4, -0.2) is 48.2 Å². The van der Waals surface area contributed by atoms with Gasteiger partial charge in [0.05, 0.1) is 26.0 Å². The van der Waals surface area contributed by atoms with Crippen LogP contribution in [0, 0.1) is 0 Å². The van der Waals surface area contributed by atoms with Gasteiger partial charge in [0.1, 0.15) is 4.60 Å². The van der Waals surface area contributed by atoms with Crippen LogP contribution < -0.4 is 9.64 Å². The van der Waals surface area contributed by atoms with E-state index in [1.54, 1.807) is 6.20 Å². The summed E-state index contributed by atoms with van der Waals surface area (Å²) in [6.07, 6.45) is 4.38. The molecular formula is C13H16BrN3O3. The maximum Gasteiger partial charge on any atom is 0.258 e. The first-order chi connectivity index (χ1) is 9.76. The normalized spacial score (nSPS) is 27.6. The van der Waals surface area contributed by atoms with Crippen molar-refractivity contribution in [1.29, 1.82) is 0 Å². The average molecular weight is 342 g/mol. The molecule has 0 bridgehead atoms. The van der Waals surface area contributed by atoms with E-state index in [1.807, 2.05) is 0 Å². The SMILES string of the molecule is Brc1cnc2c(n1)OCC[C@H]1CC3(CCN21)OCCO3. The largest absolute Gasteiger partial charge is 0.475 e. The molecule has 3 aliphatic rings. The first-order valence-electron chi connectivity index (χ1n) is 6.96. The van der Waals surface area contributed by atoms with E-state index in [4.69, 9.17) is 14.2 Å². The van der Waals surface area contributed by atoms with Crippen molar-refractivity contribution in [2.75, 3.05) is 31.3 Å². The molecule has 108 valence electrons. The Bertz CT molecular complexity index is 522. The van der Waals surface area contributed by atoms with Crippen molar-refractivity contribution in [2.24, 2.45) is 0 Å². The highest BCUT2D eigenvalue weighted by molar-refractivity contribution is 9.10. The fraction of sp³-hybridized carbons (Fsp3) is 0.692. The molecule has 0 aliphatic carbocycles. The summed E-state index contributed by atoms with van der Waals surface area (Å²) in [5.41, 5.74) is 0. The van der Waals surface area contributed by atoms with Gasteiger partial charge < -0.3 is 19.1 Å². The molecule has 2 fully saturated rings. The molecule has 0 N–H and O–H groups in total. The summed E-state index contributed by atoms with van der Waals surface area (Å²) < 4.78 is 18.1. The summed E-state index contributed by atoms with van der Waals surface area (Å²) in [4.78, 5) is 11.2. The molecule has 7 heteroatoms. The number of rotatable bonds is 0. The molecule has 1 atom stereocenters. The molecule has 0 amide bonds. The number of anilines is 1. The van der Waals surface area contributed by atoms with Crippen LogP contribution in [0.15, 0.2) is 10.8 Å². The Morgan fingerprint density at radius 3 is 3.00 bits per heavy atom. The molecule has 0 saturated carbocycles. The maximum atomic E-state index is 5.85. The van der Waals surface area contributed by atoms with E-state index in [1.165, 1.54) is 0 Å². The van der Waals surface area contributed by atoms with E-state index < -0.39 is 0 Å². The van der Waals surface area contributed by atoms with E-state index in [-0.39, 0.29) is 5.79 Å². The fourth-order valence-electron chi connectivity index (χ4n) is 3.27. The van der Waals surface area contributed by atoms with Crippen molar-refractivity contribution in [1.82, 2.24) is 9.97 Å². The molecule has 20 heavy (non-hydrogen) atoms. The van der Waals surface area contributed by atoms with Crippen molar-refractivity contribution < 1.29 is 14.2 Å². The molecule has 1 aromatic rings. The van der Waals surface area contributed by atoms with Gasteiger partial charge in [0.15, 0.2) is 11.6 Å². The summed E-state index contributed by atoms with van der Waals surface area (Å²) in [7, 11) is 0. The summed E-state index contributed by atoms with van der Waals surface area (Å²) in [6.45, 7) is 2.91. The van der Waals surface area contributed by atoms with Crippen LogP contribution in [0.3, 0.4) is 0 Å². The van der Waals surface area contributed by atoms with Crippen LogP contribution in [0.5, 0.6) is 5.88 Å². The van der Waals surface area contributed by atoms with E-state index in [9.17, 15) is 0 Å². The number of hydrogen-bond acceptors (Lipinski definition) is 6. The standard InChI is InChI=1S/C13H16BrN3O3/c14-10-8-15-11-12(16-10)18-4-1-9-7-13(2-3-17(9)11)19-5-6-20-13/h8-9H,1-7H2/t9-/m0/s1. The van der Waals surface area contributed by atoms with Crippen molar-refractivity contribution in [3.05, 3.63) is 10.8 Å². The number of halogens is 1. The molecule has 1 aromatic heterocycles. The second-order valence-corrected chi connectivity index (χ2v) is 6.18. The van der Waals surface area contributed by atoms with Gasteiger partial charge in [0.25, 0.3) is 5.88 Å². The summed E-state index contributed by atoms with van der Waals surface area (Å²) in [5, 5.41) is 0. The molecule has 0 aromatic carbocycles. The number of ether oxygens (including phenoxy) is 3. The molecule has 4 rings (SSSR count).